The second-order valence-corrected chi connectivity index (χ2v) is 4.73. The molecule has 68 valence electrons. The first-order valence-electron chi connectivity index (χ1n) is 4.32. The van der Waals surface area contributed by atoms with Crippen molar-refractivity contribution in [3.63, 3.8) is 0 Å². The van der Waals surface area contributed by atoms with Crippen LogP contribution in [0.1, 0.15) is 27.7 Å². The summed E-state index contributed by atoms with van der Waals surface area (Å²) in [6.07, 6.45) is 5.37. The summed E-state index contributed by atoms with van der Waals surface area (Å²) >= 11 is 0. The molecule has 1 unspecified atom stereocenters. The Morgan fingerprint density at radius 1 is 1.33 bits per heavy atom. The van der Waals surface area contributed by atoms with E-state index in [-0.39, 0.29) is 6.04 Å². The maximum Gasteiger partial charge on any atom is 0.0853 e. The van der Waals surface area contributed by atoms with Gasteiger partial charge in [-0.05, 0) is 16.7 Å². The molecule has 0 aromatic heterocycles. The predicted octanol–water partition coefficient (Wildman–Crippen LogP) is 1.13. The maximum absolute atomic E-state index is 5.37. The Bertz CT molecular complexity index is 208. The first-order chi connectivity index (χ1) is 5.39. The van der Waals surface area contributed by atoms with Crippen LogP contribution in [0.15, 0.2) is 0 Å². The zero-order chi connectivity index (χ0) is 9.57. The molecular weight excluding hydrogens is 148 g/mol. The molecule has 2 nitrogen and oxygen atoms in total. The summed E-state index contributed by atoms with van der Waals surface area (Å²) in [6.45, 7) is 8.94. The van der Waals surface area contributed by atoms with Crippen molar-refractivity contribution in [2.24, 2.45) is 22.6 Å². The van der Waals surface area contributed by atoms with Gasteiger partial charge in [-0.1, -0.05) is 33.6 Å². The smallest absolute Gasteiger partial charge is 0.0853 e. The molecule has 0 bridgehead atoms. The zero-order valence-corrected chi connectivity index (χ0v) is 8.31. The Morgan fingerprint density at radius 2 is 1.75 bits per heavy atom. The summed E-state index contributed by atoms with van der Waals surface area (Å²) in [4.78, 5) is 0. The van der Waals surface area contributed by atoms with Crippen molar-refractivity contribution in [1.82, 2.24) is 5.43 Å². The van der Waals surface area contributed by atoms with Gasteiger partial charge in [-0.2, -0.15) is 0 Å². The lowest BCUT2D eigenvalue weighted by atomic mass is 10.0. The van der Waals surface area contributed by atoms with Crippen molar-refractivity contribution in [3.05, 3.63) is 0 Å². The van der Waals surface area contributed by atoms with Crippen LogP contribution in [0.25, 0.3) is 0 Å². The van der Waals surface area contributed by atoms with E-state index in [2.05, 4.69) is 39.0 Å². The van der Waals surface area contributed by atoms with Gasteiger partial charge < -0.3 is 0 Å². The van der Waals surface area contributed by atoms with Crippen LogP contribution in [0.3, 0.4) is 0 Å². The number of terminal acetylenes is 1. The van der Waals surface area contributed by atoms with Gasteiger partial charge in [0.05, 0.1) is 6.04 Å². The molecule has 0 aromatic carbocycles. The first-order valence-corrected chi connectivity index (χ1v) is 4.32. The fourth-order valence-corrected chi connectivity index (χ4v) is 2.32. The van der Waals surface area contributed by atoms with Crippen molar-refractivity contribution in [1.29, 1.82) is 0 Å². The lowest BCUT2D eigenvalue weighted by Gasteiger charge is -2.10. The summed E-state index contributed by atoms with van der Waals surface area (Å²) in [5.41, 5.74) is 3.29. The minimum absolute atomic E-state index is 0.00926. The quantitative estimate of drug-likeness (QED) is 0.367. The van der Waals surface area contributed by atoms with Crippen molar-refractivity contribution in [2.45, 2.75) is 33.7 Å². The highest BCUT2D eigenvalue weighted by Crippen LogP contribution is 2.69. The molecular formula is C10H18N2. The van der Waals surface area contributed by atoms with Crippen LogP contribution in [-0.4, -0.2) is 6.04 Å². The van der Waals surface area contributed by atoms with E-state index in [4.69, 9.17) is 12.3 Å². The molecule has 0 aromatic rings. The summed E-state index contributed by atoms with van der Waals surface area (Å²) in [6, 6.07) is 0.00926. The van der Waals surface area contributed by atoms with Crippen LogP contribution in [0.2, 0.25) is 0 Å². The second kappa shape index (κ2) is 2.48. The third kappa shape index (κ3) is 0.972. The van der Waals surface area contributed by atoms with Gasteiger partial charge in [0.15, 0.2) is 0 Å². The highest BCUT2D eigenvalue weighted by atomic mass is 15.2. The number of hydrogen-bond acceptors (Lipinski definition) is 2. The van der Waals surface area contributed by atoms with Crippen LogP contribution in [-0.2, 0) is 0 Å². The maximum atomic E-state index is 5.37. The number of nitrogens with two attached hydrogens (primary N) is 1. The predicted molar refractivity (Wildman–Crippen MR) is 51.0 cm³/mol. The number of hydrazine groups is 1. The molecule has 1 rings (SSSR count). The minimum atomic E-state index is 0.00926. The monoisotopic (exact) mass is 166 g/mol. The molecule has 1 atom stereocenters. The minimum Gasteiger partial charge on any atom is -0.270 e. The molecule has 0 aliphatic heterocycles. The van der Waals surface area contributed by atoms with E-state index < -0.39 is 0 Å². The molecule has 0 spiro atoms. The summed E-state index contributed by atoms with van der Waals surface area (Å²) in [5, 5.41) is 0. The van der Waals surface area contributed by atoms with Gasteiger partial charge in [0, 0.05) is 0 Å². The summed E-state index contributed by atoms with van der Waals surface area (Å²) < 4.78 is 0. The SMILES string of the molecule is C#CC(NN)C1C(C)(C)C1(C)C. The third-order valence-corrected chi connectivity index (χ3v) is 3.82. The first kappa shape index (κ1) is 9.57. The van der Waals surface area contributed by atoms with E-state index in [0.717, 1.165) is 0 Å². The fourth-order valence-electron chi connectivity index (χ4n) is 2.32. The van der Waals surface area contributed by atoms with Gasteiger partial charge in [0.2, 0.25) is 0 Å². The molecule has 1 aliphatic carbocycles. The standard InChI is InChI=1S/C10H18N2/c1-6-7(12-11)8-9(2,3)10(8,4)5/h1,7-8,12H,11H2,2-5H3. The summed E-state index contributed by atoms with van der Waals surface area (Å²) in [7, 11) is 0. The van der Waals surface area contributed by atoms with Gasteiger partial charge in [-0.15, -0.1) is 6.42 Å². The van der Waals surface area contributed by atoms with Crippen molar-refractivity contribution < 1.29 is 0 Å². The molecule has 1 fully saturated rings. The Morgan fingerprint density at radius 3 is 1.83 bits per heavy atom. The lowest BCUT2D eigenvalue weighted by molar-refractivity contribution is 0.457. The second-order valence-electron chi connectivity index (χ2n) is 4.73. The molecule has 0 radical (unpaired) electrons. The molecule has 0 amide bonds. The highest BCUT2D eigenvalue weighted by molar-refractivity contribution is 5.22. The van der Waals surface area contributed by atoms with E-state index in [9.17, 15) is 0 Å². The van der Waals surface area contributed by atoms with Gasteiger partial charge in [-0.3, -0.25) is 5.84 Å². The molecule has 1 saturated carbocycles. The molecule has 12 heavy (non-hydrogen) atoms. The summed E-state index contributed by atoms with van der Waals surface area (Å²) in [5.74, 6) is 8.55. The van der Waals surface area contributed by atoms with E-state index in [1.807, 2.05) is 0 Å². The zero-order valence-electron chi connectivity index (χ0n) is 8.31. The largest absolute Gasteiger partial charge is 0.270 e. The van der Waals surface area contributed by atoms with Gasteiger partial charge >= 0.3 is 0 Å². The molecule has 0 saturated heterocycles. The highest BCUT2D eigenvalue weighted by Gasteiger charge is 2.66. The van der Waals surface area contributed by atoms with Crippen molar-refractivity contribution >= 4 is 0 Å². The van der Waals surface area contributed by atoms with Crippen LogP contribution >= 0.6 is 0 Å². The average molecular weight is 166 g/mol. The van der Waals surface area contributed by atoms with Gasteiger partial charge in [-0.25, -0.2) is 5.43 Å². The van der Waals surface area contributed by atoms with Crippen LogP contribution < -0.4 is 11.3 Å². The molecule has 2 heteroatoms. The van der Waals surface area contributed by atoms with Crippen molar-refractivity contribution in [2.75, 3.05) is 0 Å². The topological polar surface area (TPSA) is 38.0 Å². The Hall–Kier alpha value is -0.520. The van der Waals surface area contributed by atoms with E-state index in [1.54, 1.807) is 0 Å². The number of hydrogen-bond donors (Lipinski definition) is 2. The normalized spacial score (nSPS) is 27.7. The average Bonchev–Trinajstić information content (AvgIpc) is 2.34. The fraction of sp³-hybridized carbons (Fsp3) is 0.800. The van der Waals surface area contributed by atoms with Crippen LogP contribution in [0.4, 0.5) is 0 Å². The lowest BCUT2D eigenvalue weighted by Crippen LogP contribution is -2.37. The Labute approximate surface area is 74.9 Å². The van der Waals surface area contributed by atoms with E-state index in [1.165, 1.54) is 0 Å². The molecule has 0 heterocycles. The van der Waals surface area contributed by atoms with Gasteiger partial charge in [0.25, 0.3) is 0 Å². The van der Waals surface area contributed by atoms with Crippen LogP contribution in [0, 0.1) is 29.1 Å². The van der Waals surface area contributed by atoms with E-state index >= 15 is 0 Å². The number of nitrogens with one attached hydrogen (secondary N) is 1. The molecule has 1 aliphatic rings. The van der Waals surface area contributed by atoms with Crippen molar-refractivity contribution in [3.8, 4) is 12.3 Å². The Kier molecular flexibility index (Phi) is 1.98. The van der Waals surface area contributed by atoms with Gasteiger partial charge in [0.1, 0.15) is 0 Å². The van der Waals surface area contributed by atoms with Crippen LogP contribution in [0.5, 0.6) is 0 Å². The van der Waals surface area contributed by atoms with E-state index in [0.29, 0.717) is 16.7 Å². The third-order valence-electron chi connectivity index (χ3n) is 3.82. The Balaban J connectivity index is 2.77. The molecule has 3 N–H and O–H groups in total. The number of rotatable bonds is 2.